The van der Waals surface area contributed by atoms with E-state index in [9.17, 15) is 0 Å². The molecule has 0 radical (unpaired) electrons. The van der Waals surface area contributed by atoms with Crippen LogP contribution in [-0.4, -0.2) is 30.1 Å². The van der Waals surface area contributed by atoms with Crippen LogP contribution in [0.5, 0.6) is 0 Å². The van der Waals surface area contributed by atoms with E-state index in [4.69, 9.17) is 5.73 Å². The Morgan fingerprint density at radius 3 is 2.19 bits per heavy atom. The van der Waals surface area contributed by atoms with Crippen molar-refractivity contribution in [3.8, 4) is 0 Å². The molecule has 3 rings (SSSR count). The van der Waals surface area contributed by atoms with Crippen molar-refractivity contribution in [3.63, 3.8) is 0 Å². The van der Waals surface area contributed by atoms with Gasteiger partial charge in [0.2, 0.25) is 0 Å². The lowest BCUT2D eigenvalue weighted by atomic mass is 9.65. The largest absolute Gasteiger partial charge is 0.329 e. The molecule has 2 unspecified atom stereocenters. The minimum atomic E-state index is 0.350. The highest BCUT2D eigenvalue weighted by atomic mass is 15.2. The second-order valence-electron chi connectivity index (χ2n) is 8.21. The Kier molecular flexibility index (Phi) is 4.95. The lowest BCUT2D eigenvalue weighted by molar-refractivity contribution is -0.0438. The van der Waals surface area contributed by atoms with E-state index in [0.717, 1.165) is 17.9 Å². The van der Waals surface area contributed by atoms with Gasteiger partial charge in [-0.25, -0.2) is 0 Å². The zero-order chi connectivity index (χ0) is 14.8. The second-order valence-corrected chi connectivity index (χ2v) is 8.21. The van der Waals surface area contributed by atoms with Crippen molar-refractivity contribution in [1.82, 2.24) is 4.90 Å². The van der Waals surface area contributed by atoms with Crippen molar-refractivity contribution in [2.24, 2.45) is 17.1 Å². The van der Waals surface area contributed by atoms with Crippen LogP contribution in [0.2, 0.25) is 0 Å². The van der Waals surface area contributed by atoms with Crippen molar-refractivity contribution in [3.05, 3.63) is 0 Å². The van der Waals surface area contributed by atoms with Crippen LogP contribution in [0.25, 0.3) is 0 Å². The van der Waals surface area contributed by atoms with E-state index < -0.39 is 0 Å². The molecule has 0 aromatic heterocycles. The Bertz CT molecular complexity index is 324. The summed E-state index contributed by atoms with van der Waals surface area (Å²) in [7, 11) is 0. The Balaban J connectivity index is 1.68. The fraction of sp³-hybridized carbons (Fsp3) is 1.00. The molecule has 0 aromatic rings. The quantitative estimate of drug-likeness (QED) is 0.839. The van der Waals surface area contributed by atoms with E-state index in [1.54, 1.807) is 0 Å². The van der Waals surface area contributed by atoms with E-state index in [2.05, 4.69) is 11.8 Å². The van der Waals surface area contributed by atoms with Crippen LogP contribution in [0.1, 0.15) is 84.0 Å². The van der Waals surface area contributed by atoms with Crippen LogP contribution >= 0.6 is 0 Å². The molecule has 122 valence electrons. The molecule has 0 amide bonds. The molecule has 1 aliphatic heterocycles. The Morgan fingerprint density at radius 1 is 0.905 bits per heavy atom. The van der Waals surface area contributed by atoms with E-state index in [-0.39, 0.29) is 0 Å². The number of nitrogens with two attached hydrogens (primary N) is 1. The van der Waals surface area contributed by atoms with Gasteiger partial charge in [0.05, 0.1) is 0 Å². The first-order chi connectivity index (χ1) is 10.2. The van der Waals surface area contributed by atoms with Gasteiger partial charge in [-0.05, 0) is 62.9 Å². The summed E-state index contributed by atoms with van der Waals surface area (Å²) in [5.74, 6) is 0.844. The van der Waals surface area contributed by atoms with Gasteiger partial charge in [0, 0.05) is 12.1 Å². The third-order valence-corrected chi connectivity index (χ3v) is 7.39. The molecule has 2 N–H and O–H groups in total. The van der Waals surface area contributed by atoms with Gasteiger partial charge in [-0.1, -0.05) is 45.4 Å². The van der Waals surface area contributed by atoms with Gasteiger partial charge >= 0.3 is 0 Å². The third kappa shape index (κ3) is 2.91. The van der Waals surface area contributed by atoms with Crippen LogP contribution in [0.3, 0.4) is 0 Å². The number of hydrogen-bond donors (Lipinski definition) is 1. The normalized spacial score (nSPS) is 37.7. The molecule has 1 spiro atoms. The first-order valence-corrected chi connectivity index (χ1v) is 9.70. The predicted molar refractivity (Wildman–Crippen MR) is 90.4 cm³/mol. The van der Waals surface area contributed by atoms with E-state index in [1.807, 2.05) is 0 Å². The molecule has 3 aliphatic rings. The summed E-state index contributed by atoms with van der Waals surface area (Å²) in [4.78, 5) is 2.85. The Morgan fingerprint density at radius 2 is 1.57 bits per heavy atom. The summed E-state index contributed by atoms with van der Waals surface area (Å²) in [5, 5.41) is 0. The highest BCUT2D eigenvalue weighted by Gasteiger charge is 2.46. The maximum absolute atomic E-state index is 6.36. The molecule has 2 heteroatoms. The number of piperidine rings is 1. The Hall–Kier alpha value is -0.0800. The van der Waals surface area contributed by atoms with Gasteiger partial charge in [-0.2, -0.15) is 0 Å². The molecule has 0 aromatic carbocycles. The molecule has 1 heterocycles. The minimum Gasteiger partial charge on any atom is -0.329 e. The van der Waals surface area contributed by atoms with Crippen LogP contribution in [-0.2, 0) is 0 Å². The van der Waals surface area contributed by atoms with Crippen molar-refractivity contribution in [2.75, 3.05) is 19.6 Å². The van der Waals surface area contributed by atoms with Crippen molar-refractivity contribution >= 4 is 0 Å². The molecule has 2 atom stereocenters. The number of rotatable bonds is 3. The summed E-state index contributed by atoms with van der Waals surface area (Å²) >= 11 is 0. The number of likely N-dealkylation sites (tertiary alicyclic amines) is 1. The summed E-state index contributed by atoms with van der Waals surface area (Å²) in [5.41, 5.74) is 7.44. The zero-order valence-electron chi connectivity index (χ0n) is 14.2. The van der Waals surface area contributed by atoms with E-state index in [1.165, 1.54) is 90.1 Å². The molecule has 3 fully saturated rings. The second kappa shape index (κ2) is 6.58. The summed E-state index contributed by atoms with van der Waals surface area (Å²) in [6, 6.07) is 0. The lowest BCUT2D eigenvalue weighted by Crippen LogP contribution is -2.62. The first-order valence-electron chi connectivity index (χ1n) is 9.70. The number of hydrogen-bond acceptors (Lipinski definition) is 2. The van der Waals surface area contributed by atoms with Gasteiger partial charge in [0.25, 0.3) is 0 Å². The first kappa shape index (κ1) is 15.8. The lowest BCUT2D eigenvalue weighted by Gasteiger charge is -2.55. The van der Waals surface area contributed by atoms with Crippen LogP contribution in [0.15, 0.2) is 0 Å². The zero-order valence-corrected chi connectivity index (χ0v) is 14.2. The van der Waals surface area contributed by atoms with Gasteiger partial charge < -0.3 is 5.73 Å². The van der Waals surface area contributed by atoms with Crippen molar-refractivity contribution < 1.29 is 0 Å². The fourth-order valence-corrected chi connectivity index (χ4v) is 5.92. The maximum Gasteiger partial charge on any atom is 0.0359 e. The number of nitrogens with zero attached hydrogens (tertiary/aromatic N) is 1. The average Bonchev–Trinajstić information content (AvgIpc) is 2.56. The molecular weight excluding hydrogens is 256 g/mol. The van der Waals surface area contributed by atoms with E-state index in [0.29, 0.717) is 5.54 Å². The SMILES string of the molecule is CCC1CCCCC1(CN)N1CCC2(CCCCC2)CC1. The average molecular weight is 293 g/mol. The van der Waals surface area contributed by atoms with E-state index >= 15 is 0 Å². The fourth-order valence-electron chi connectivity index (χ4n) is 5.92. The summed E-state index contributed by atoms with van der Waals surface area (Å²) < 4.78 is 0. The molecule has 2 aliphatic carbocycles. The smallest absolute Gasteiger partial charge is 0.0359 e. The molecule has 1 saturated heterocycles. The predicted octanol–water partition coefficient (Wildman–Crippen LogP) is 4.33. The standard InChI is InChI=1S/C19H36N2/c1-2-17-8-4-7-11-19(17,16-20)21-14-12-18(13-15-21)9-5-3-6-10-18/h17H,2-16,20H2,1H3. The van der Waals surface area contributed by atoms with Crippen LogP contribution < -0.4 is 5.73 Å². The van der Waals surface area contributed by atoms with Gasteiger partial charge in [0.1, 0.15) is 0 Å². The summed E-state index contributed by atoms with van der Waals surface area (Å²) in [6.45, 7) is 5.92. The molecule has 2 nitrogen and oxygen atoms in total. The monoisotopic (exact) mass is 292 g/mol. The minimum absolute atomic E-state index is 0.350. The van der Waals surface area contributed by atoms with Crippen molar-refractivity contribution in [1.29, 1.82) is 0 Å². The molecular formula is C19H36N2. The molecule has 2 saturated carbocycles. The van der Waals surface area contributed by atoms with Gasteiger partial charge in [-0.15, -0.1) is 0 Å². The van der Waals surface area contributed by atoms with Crippen molar-refractivity contribution in [2.45, 2.75) is 89.5 Å². The van der Waals surface area contributed by atoms with Gasteiger partial charge in [-0.3, -0.25) is 4.90 Å². The van der Waals surface area contributed by atoms with Gasteiger partial charge in [0.15, 0.2) is 0 Å². The van der Waals surface area contributed by atoms with Crippen LogP contribution in [0.4, 0.5) is 0 Å². The Labute approximate surface area is 131 Å². The summed E-state index contributed by atoms with van der Waals surface area (Å²) in [6.07, 6.45) is 17.3. The van der Waals surface area contributed by atoms with Crippen LogP contribution in [0, 0.1) is 11.3 Å². The third-order valence-electron chi connectivity index (χ3n) is 7.39. The maximum atomic E-state index is 6.36. The highest BCUT2D eigenvalue weighted by molar-refractivity contribution is 5.02. The topological polar surface area (TPSA) is 29.3 Å². The highest BCUT2D eigenvalue weighted by Crippen LogP contribution is 2.48. The molecule has 21 heavy (non-hydrogen) atoms. The molecule has 0 bridgehead atoms.